The molecule has 1 aliphatic heterocycles. The Morgan fingerprint density at radius 2 is 2.23 bits per heavy atom. The Balaban J connectivity index is 1.84. The van der Waals surface area contributed by atoms with Crippen LogP contribution < -0.4 is 0 Å². The number of nitrogens with zero attached hydrogens (tertiary/aromatic N) is 2. The van der Waals surface area contributed by atoms with E-state index in [0.29, 0.717) is 24.3 Å². The van der Waals surface area contributed by atoms with Gasteiger partial charge in [-0.3, -0.25) is 14.9 Å². The highest BCUT2D eigenvalue weighted by Gasteiger charge is 2.25. The summed E-state index contributed by atoms with van der Waals surface area (Å²) < 4.78 is 10.5. The molecule has 0 aromatic heterocycles. The van der Waals surface area contributed by atoms with Crippen LogP contribution >= 0.6 is 11.8 Å². The van der Waals surface area contributed by atoms with Crippen molar-refractivity contribution in [3.05, 3.63) is 39.9 Å². The summed E-state index contributed by atoms with van der Waals surface area (Å²) in [4.78, 5) is 33.9. The van der Waals surface area contributed by atoms with E-state index in [9.17, 15) is 19.7 Å². The lowest BCUT2D eigenvalue weighted by molar-refractivity contribution is -0.384. The SMILES string of the molecule is O=CSC1CN(C(=O)OCc2ccc([N+](=O)[O-])cc2)CCO1. The highest BCUT2D eigenvalue weighted by molar-refractivity contribution is 8.12. The van der Waals surface area contributed by atoms with E-state index in [2.05, 4.69) is 0 Å². The number of benzene rings is 1. The molecule has 1 atom stereocenters. The molecule has 0 radical (unpaired) electrons. The van der Waals surface area contributed by atoms with E-state index >= 15 is 0 Å². The smallest absolute Gasteiger partial charge is 0.410 e. The van der Waals surface area contributed by atoms with E-state index in [1.165, 1.54) is 29.2 Å². The van der Waals surface area contributed by atoms with E-state index in [1.807, 2.05) is 0 Å². The van der Waals surface area contributed by atoms with Gasteiger partial charge in [-0.2, -0.15) is 0 Å². The Kier molecular flexibility index (Phi) is 5.73. The number of hydrogen-bond acceptors (Lipinski definition) is 7. The van der Waals surface area contributed by atoms with Crippen LogP contribution in [0.25, 0.3) is 0 Å². The quantitative estimate of drug-likeness (QED) is 0.462. The van der Waals surface area contributed by atoms with E-state index < -0.39 is 11.0 Å². The number of nitro groups is 1. The van der Waals surface area contributed by atoms with Gasteiger partial charge in [0.15, 0.2) is 5.62 Å². The van der Waals surface area contributed by atoms with E-state index in [-0.39, 0.29) is 24.3 Å². The monoisotopic (exact) mass is 326 g/mol. The lowest BCUT2D eigenvalue weighted by atomic mass is 10.2. The van der Waals surface area contributed by atoms with Gasteiger partial charge in [-0.15, -0.1) is 0 Å². The molecular weight excluding hydrogens is 312 g/mol. The molecule has 0 saturated carbocycles. The van der Waals surface area contributed by atoms with Crippen LogP contribution in [0.5, 0.6) is 0 Å². The van der Waals surface area contributed by atoms with Crippen molar-refractivity contribution in [1.29, 1.82) is 0 Å². The lowest BCUT2D eigenvalue weighted by Crippen LogP contribution is -2.44. The third kappa shape index (κ3) is 4.43. The predicted molar refractivity (Wildman–Crippen MR) is 78.9 cm³/mol. The van der Waals surface area contributed by atoms with Gasteiger partial charge in [-0.1, -0.05) is 11.8 Å². The molecule has 1 unspecified atom stereocenters. The summed E-state index contributed by atoms with van der Waals surface area (Å²) >= 11 is 0.976. The molecule has 1 aliphatic rings. The minimum Gasteiger partial charge on any atom is -0.445 e. The molecule has 9 heteroatoms. The molecule has 0 spiro atoms. The third-order valence-electron chi connectivity index (χ3n) is 3.01. The lowest BCUT2D eigenvalue weighted by Gasteiger charge is -2.30. The van der Waals surface area contributed by atoms with Crippen molar-refractivity contribution in [2.24, 2.45) is 0 Å². The second kappa shape index (κ2) is 7.76. The van der Waals surface area contributed by atoms with Crippen molar-refractivity contribution in [3.8, 4) is 0 Å². The number of carbonyl (C=O) groups excluding carboxylic acids is 2. The van der Waals surface area contributed by atoms with Crippen molar-refractivity contribution in [2.75, 3.05) is 19.7 Å². The maximum atomic E-state index is 11.9. The number of non-ortho nitro benzene ring substituents is 1. The standard InChI is InChI=1S/C13H14N2O6S/c16-9-22-12-7-14(5-6-20-12)13(17)21-8-10-1-3-11(4-2-10)15(18)19/h1-4,9,12H,5-8H2. The number of morpholine rings is 1. The first-order valence-electron chi connectivity index (χ1n) is 6.46. The normalized spacial score (nSPS) is 17.8. The summed E-state index contributed by atoms with van der Waals surface area (Å²) in [6.07, 6.45) is -0.502. The fourth-order valence-corrected chi connectivity index (χ4v) is 2.44. The summed E-state index contributed by atoms with van der Waals surface area (Å²) in [5.41, 5.74) is 0.942. The number of nitro benzene ring substituents is 1. The molecule has 1 fully saturated rings. The van der Waals surface area contributed by atoms with Gasteiger partial charge in [-0.05, 0) is 17.7 Å². The Bertz CT molecular complexity index is 550. The summed E-state index contributed by atoms with van der Waals surface area (Å²) in [6.45, 7) is 1.05. The van der Waals surface area contributed by atoms with Gasteiger partial charge < -0.3 is 14.4 Å². The van der Waals surface area contributed by atoms with Gasteiger partial charge in [-0.25, -0.2) is 4.79 Å². The van der Waals surface area contributed by atoms with Crippen LogP contribution in [0.2, 0.25) is 0 Å². The van der Waals surface area contributed by atoms with Crippen LogP contribution in [0.15, 0.2) is 24.3 Å². The van der Waals surface area contributed by atoms with Crippen molar-refractivity contribution in [1.82, 2.24) is 4.90 Å². The first-order chi connectivity index (χ1) is 10.6. The largest absolute Gasteiger partial charge is 0.445 e. The number of carbonyl (C=O) groups is 2. The summed E-state index contributed by atoms with van der Waals surface area (Å²) in [7, 11) is 0. The zero-order valence-corrected chi connectivity index (χ0v) is 12.4. The number of hydrogen-bond donors (Lipinski definition) is 0. The van der Waals surface area contributed by atoms with Crippen molar-refractivity contribution >= 4 is 29.2 Å². The maximum Gasteiger partial charge on any atom is 0.410 e. The number of rotatable bonds is 5. The molecule has 1 amide bonds. The minimum absolute atomic E-state index is 0.0167. The molecule has 22 heavy (non-hydrogen) atoms. The summed E-state index contributed by atoms with van der Waals surface area (Å²) in [6, 6.07) is 5.79. The van der Waals surface area contributed by atoms with E-state index in [0.717, 1.165) is 11.8 Å². The van der Waals surface area contributed by atoms with Crippen LogP contribution in [-0.2, 0) is 20.9 Å². The van der Waals surface area contributed by atoms with Gasteiger partial charge in [0.1, 0.15) is 12.0 Å². The highest BCUT2D eigenvalue weighted by Crippen LogP contribution is 2.17. The van der Waals surface area contributed by atoms with Crippen molar-refractivity contribution in [2.45, 2.75) is 12.0 Å². The summed E-state index contributed by atoms with van der Waals surface area (Å²) in [5.74, 6) is 0. The molecule has 0 N–H and O–H groups in total. The number of ether oxygens (including phenoxy) is 2. The second-order valence-corrected chi connectivity index (χ2v) is 5.45. The predicted octanol–water partition coefficient (Wildman–Crippen LogP) is 1.81. The number of thioether (sulfide) groups is 1. The Morgan fingerprint density at radius 3 is 2.86 bits per heavy atom. The first-order valence-corrected chi connectivity index (χ1v) is 7.40. The fourth-order valence-electron chi connectivity index (χ4n) is 1.88. The molecular formula is C13H14N2O6S. The zero-order chi connectivity index (χ0) is 15.9. The number of amides is 1. The topological polar surface area (TPSA) is 99.0 Å². The fraction of sp³-hybridized carbons (Fsp3) is 0.385. The van der Waals surface area contributed by atoms with Crippen molar-refractivity contribution in [3.63, 3.8) is 0 Å². The van der Waals surface area contributed by atoms with Gasteiger partial charge in [0, 0.05) is 18.7 Å². The molecule has 8 nitrogen and oxygen atoms in total. The highest BCUT2D eigenvalue weighted by atomic mass is 32.2. The van der Waals surface area contributed by atoms with Gasteiger partial charge in [0.05, 0.1) is 18.1 Å². The van der Waals surface area contributed by atoms with Gasteiger partial charge in [0.25, 0.3) is 5.69 Å². The van der Waals surface area contributed by atoms with Crippen LogP contribution in [-0.4, -0.2) is 46.7 Å². The third-order valence-corrected chi connectivity index (χ3v) is 3.71. The maximum absolute atomic E-state index is 11.9. The molecule has 1 heterocycles. The minimum atomic E-state index is -0.502. The van der Waals surface area contributed by atoms with Crippen LogP contribution in [0.3, 0.4) is 0 Å². The molecule has 0 bridgehead atoms. The van der Waals surface area contributed by atoms with Crippen LogP contribution in [0.4, 0.5) is 10.5 Å². The summed E-state index contributed by atoms with van der Waals surface area (Å²) in [5, 5.41) is 10.5. The Morgan fingerprint density at radius 1 is 1.50 bits per heavy atom. The Labute approximate surface area is 130 Å². The Hall–Kier alpha value is -2.13. The molecule has 2 rings (SSSR count). The van der Waals surface area contributed by atoms with Crippen molar-refractivity contribution < 1.29 is 24.0 Å². The average Bonchev–Trinajstić information content (AvgIpc) is 2.53. The van der Waals surface area contributed by atoms with E-state index in [4.69, 9.17) is 9.47 Å². The average molecular weight is 326 g/mol. The molecule has 1 aromatic carbocycles. The van der Waals surface area contributed by atoms with Crippen LogP contribution in [0.1, 0.15) is 5.56 Å². The molecule has 1 aromatic rings. The molecule has 118 valence electrons. The first kappa shape index (κ1) is 16.2. The zero-order valence-electron chi connectivity index (χ0n) is 11.5. The second-order valence-electron chi connectivity index (χ2n) is 4.46. The van der Waals surface area contributed by atoms with Gasteiger partial charge in [0.2, 0.25) is 0 Å². The van der Waals surface area contributed by atoms with Gasteiger partial charge >= 0.3 is 6.09 Å². The molecule has 0 aliphatic carbocycles. The van der Waals surface area contributed by atoms with Crippen LogP contribution in [0, 0.1) is 10.1 Å². The molecule has 1 saturated heterocycles. The van der Waals surface area contributed by atoms with E-state index in [1.54, 1.807) is 0 Å².